The Kier molecular flexibility index (Phi) is 7.17. The van der Waals surface area contributed by atoms with Crippen LogP contribution in [0.5, 0.6) is 0 Å². The zero-order valence-corrected chi connectivity index (χ0v) is 14.9. The van der Waals surface area contributed by atoms with Crippen molar-refractivity contribution in [2.75, 3.05) is 26.2 Å². The lowest BCUT2D eigenvalue weighted by Crippen LogP contribution is -2.24. The number of rotatable bonds is 6. The van der Waals surface area contributed by atoms with Crippen LogP contribution in [-0.2, 0) is 4.74 Å². The molecule has 2 N–H and O–H groups in total. The zero-order valence-electron chi connectivity index (χ0n) is 14.9. The maximum Gasteiger partial charge on any atom is 0.0718 e. The fourth-order valence-electron chi connectivity index (χ4n) is 3.20. The van der Waals surface area contributed by atoms with E-state index < -0.39 is 0 Å². The second-order valence-electron chi connectivity index (χ2n) is 6.66. The van der Waals surface area contributed by atoms with E-state index in [1.54, 1.807) is 0 Å². The lowest BCUT2D eigenvalue weighted by Gasteiger charge is -2.24. The lowest BCUT2D eigenvalue weighted by molar-refractivity contribution is 0.0617. The summed E-state index contributed by atoms with van der Waals surface area (Å²) in [5.74, 6) is 6.49. The molecule has 3 heteroatoms. The van der Waals surface area contributed by atoms with Crippen molar-refractivity contribution in [1.29, 1.82) is 0 Å². The number of dihydropyridines is 1. The van der Waals surface area contributed by atoms with Crippen LogP contribution in [0.4, 0.5) is 0 Å². The van der Waals surface area contributed by atoms with E-state index in [9.17, 15) is 0 Å². The quantitative estimate of drug-likeness (QED) is 0.443. The van der Waals surface area contributed by atoms with Crippen molar-refractivity contribution in [3.63, 3.8) is 0 Å². The van der Waals surface area contributed by atoms with Gasteiger partial charge in [-0.15, -0.1) is 0 Å². The Balaban J connectivity index is 1.34. The monoisotopic (exact) mass is 336 g/mol. The van der Waals surface area contributed by atoms with Gasteiger partial charge in [0.2, 0.25) is 0 Å². The molecule has 0 amide bonds. The molecule has 1 atom stereocenters. The van der Waals surface area contributed by atoms with Crippen LogP contribution in [0.1, 0.15) is 32.1 Å². The summed E-state index contributed by atoms with van der Waals surface area (Å²) >= 11 is 0. The molecule has 132 valence electrons. The standard InChI is InChI=1S/C22H28N2O/c1-2-6-19(7-3-1)9-5-13-24-17-21-8-4-10-22(16-21)25-18-20-11-14-23-15-12-20/h1-2,6,8,11-12,14,22-24H,3-4,7,10,13,15-18H2. The van der Waals surface area contributed by atoms with Gasteiger partial charge < -0.3 is 15.4 Å². The fourth-order valence-corrected chi connectivity index (χ4v) is 3.20. The van der Waals surface area contributed by atoms with E-state index in [1.165, 1.54) is 16.7 Å². The van der Waals surface area contributed by atoms with Crippen LogP contribution in [0.25, 0.3) is 0 Å². The summed E-state index contributed by atoms with van der Waals surface area (Å²) in [6.07, 6.45) is 20.9. The molecule has 0 aromatic rings. The Hall–Kier alpha value is -2.02. The Morgan fingerprint density at radius 3 is 3.12 bits per heavy atom. The number of nitrogens with one attached hydrogen (secondary N) is 2. The summed E-state index contributed by atoms with van der Waals surface area (Å²) in [6.45, 7) is 3.29. The van der Waals surface area contributed by atoms with Crippen LogP contribution in [-0.4, -0.2) is 32.3 Å². The van der Waals surface area contributed by atoms with Crippen LogP contribution in [0.3, 0.4) is 0 Å². The maximum absolute atomic E-state index is 6.10. The molecular weight excluding hydrogens is 308 g/mol. The van der Waals surface area contributed by atoms with Gasteiger partial charge in [0.15, 0.2) is 0 Å². The van der Waals surface area contributed by atoms with E-state index in [4.69, 9.17) is 4.74 Å². The molecule has 0 bridgehead atoms. The molecule has 25 heavy (non-hydrogen) atoms. The van der Waals surface area contributed by atoms with Gasteiger partial charge in [-0.3, -0.25) is 0 Å². The van der Waals surface area contributed by atoms with Gasteiger partial charge in [0.1, 0.15) is 0 Å². The number of hydrogen-bond donors (Lipinski definition) is 2. The van der Waals surface area contributed by atoms with Gasteiger partial charge in [-0.2, -0.15) is 0 Å². The first-order valence-electron chi connectivity index (χ1n) is 9.34. The molecule has 3 rings (SSSR count). The smallest absolute Gasteiger partial charge is 0.0718 e. The Labute approximate surface area is 151 Å². The summed E-state index contributed by atoms with van der Waals surface area (Å²) < 4.78 is 6.10. The number of hydrogen-bond acceptors (Lipinski definition) is 3. The molecule has 3 aliphatic rings. The van der Waals surface area contributed by atoms with Crippen LogP contribution in [0, 0.1) is 11.8 Å². The van der Waals surface area contributed by atoms with Crippen LogP contribution in [0.15, 0.2) is 59.4 Å². The van der Waals surface area contributed by atoms with Crippen molar-refractivity contribution in [3.8, 4) is 11.8 Å². The Morgan fingerprint density at radius 1 is 1.28 bits per heavy atom. The normalized spacial score (nSPS) is 22.2. The van der Waals surface area contributed by atoms with E-state index in [1.807, 2.05) is 6.20 Å². The third-order valence-corrected chi connectivity index (χ3v) is 4.62. The minimum absolute atomic E-state index is 0.344. The van der Waals surface area contributed by atoms with E-state index in [-0.39, 0.29) is 0 Å². The maximum atomic E-state index is 6.10. The number of allylic oxidation sites excluding steroid dienone is 5. The average Bonchev–Trinajstić information content (AvgIpc) is 2.68. The third-order valence-electron chi connectivity index (χ3n) is 4.62. The summed E-state index contributed by atoms with van der Waals surface area (Å²) in [7, 11) is 0. The van der Waals surface area contributed by atoms with E-state index in [0.29, 0.717) is 6.10 Å². The molecule has 1 heterocycles. The third kappa shape index (κ3) is 6.42. The van der Waals surface area contributed by atoms with Gasteiger partial charge >= 0.3 is 0 Å². The van der Waals surface area contributed by atoms with Crippen molar-refractivity contribution >= 4 is 0 Å². The highest BCUT2D eigenvalue weighted by atomic mass is 16.5. The van der Waals surface area contributed by atoms with Crippen LogP contribution < -0.4 is 10.6 Å². The van der Waals surface area contributed by atoms with Gasteiger partial charge in [-0.25, -0.2) is 0 Å². The SMILES string of the molecule is C(#CC1=CC=CCC1)CNCC1=CCCC(OCC2=CCNC=C2)C1. The molecule has 0 saturated heterocycles. The van der Waals surface area contributed by atoms with E-state index >= 15 is 0 Å². The summed E-state index contributed by atoms with van der Waals surface area (Å²) in [5.41, 5.74) is 3.97. The molecule has 0 fully saturated rings. The Bertz CT molecular complexity index is 655. The number of ether oxygens (including phenoxy) is 1. The van der Waals surface area contributed by atoms with Gasteiger partial charge in [-0.1, -0.05) is 47.8 Å². The Morgan fingerprint density at radius 2 is 2.28 bits per heavy atom. The predicted octanol–water partition coefficient (Wildman–Crippen LogP) is 3.39. The van der Waals surface area contributed by atoms with E-state index in [2.05, 4.69) is 58.9 Å². The van der Waals surface area contributed by atoms with Gasteiger partial charge in [0.25, 0.3) is 0 Å². The first kappa shape index (κ1) is 17.8. The van der Waals surface area contributed by atoms with Crippen molar-refractivity contribution < 1.29 is 4.74 Å². The predicted molar refractivity (Wildman–Crippen MR) is 104 cm³/mol. The molecule has 2 aliphatic carbocycles. The molecule has 1 unspecified atom stereocenters. The fraction of sp³-hybridized carbons (Fsp3) is 0.455. The molecule has 0 radical (unpaired) electrons. The summed E-state index contributed by atoms with van der Waals surface area (Å²) in [5, 5.41) is 6.61. The summed E-state index contributed by atoms with van der Waals surface area (Å²) in [4.78, 5) is 0. The first-order valence-corrected chi connectivity index (χ1v) is 9.34. The molecule has 0 saturated carbocycles. The van der Waals surface area contributed by atoms with Crippen LogP contribution in [0.2, 0.25) is 0 Å². The van der Waals surface area contributed by atoms with E-state index in [0.717, 1.165) is 58.3 Å². The van der Waals surface area contributed by atoms with Crippen molar-refractivity contribution in [1.82, 2.24) is 10.6 Å². The second kappa shape index (κ2) is 10.1. The highest BCUT2D eigenvalue weighted by Gasteiger charge is 2.16. The molecule has 1 aliphatic heterocycles. The van der Waals surface area contributed by atoms with Crippen molar-refractivity contribution in [2.24, 2.45) is 0 Å². The minimum atomic E-state index is 0.344. The lowest BCUT2D eigenvalue weighted by atomic mass is 9.96. The molecule has 0 aromatic carbocycles. The molecule has 0 aromatic heterocycles. The van der Waals surface area contributed by atoms with Gasteiger partial charge in [0.05, 0.1) is 19.3 Å². The summed E-state index contributed by atoms with van der Waals surface area (Å²) in [6, 6.07) is 0. The second-order valence-corrected chi connectivity index (χ2v) is 6.66. The highest BCUT2D eigenvalue weighted by Crippen LogP contribution is 2.21. The minimum Gasteiger partial charge on any atom is -0.387 e. The van der Waals surface area contributed by atoms with Gasteiger partial charge in [0, 0.05) is 18.7 Å². The highest BCUT2D eigenvalue weighted by molar-refractivity contribution is 5.34. The zero-order chi connectivity index (χ0) is 17.2. The first-order chi connectivity index (χ1) is 12.4. The molecule has 0 spiro atoms. The van der Waals surface area contributed by atoms with Gasteiger partial charge in [-0.05, 0) is 50.0 Å². The topological polar surface area (TPSA) is 33.3 Å². The van der Waals surface area contributed by atoms with Crippen molar-refractivity contribution in [3.05, 3.63) is 59.4 Å². The molecule has 3 nitrogen and oxygen atoms in total. The van der Waals surface area contributed by atoms with Crippen LogP contribution >= 0.6 is 0 Å². The average molecular weight is 336 g/mol. The largest absolute Gasteiger partial charge is 0.387 e. The molecular formula is C22H28N2O. The van der Waals surface area contributed by atoms with Crippen molar-refractivity contribution in [2.45, 2.75) is 38.2 Å².